The third-order valence-electron chi connectivity index (χ3n) is 5.12. The van der Waals surface area contributed by atoms with Crippen LogP contribution in [-0.4, -0.2) is 70.6 Å². The molecule has 0 unspecified atom stereocenters. The van der Waals surface area contributed by atoms with E-state index in [1.54, 1.807) is 25.2 Å². The van der Waals surface area contributed by atoms with Crippen LogP contribution in [0.15, 0.2) is 47.4 Å². The van der Waals surface area contributed by atoms with Crippen LogP contribution in [0.2, 0.25) is 0 Å². The molecule has 2 amide bonds. The van der Waals surface area contributed by atoms with Crippen LogP contribution < -0.4 is 14.8 Å². The number of carbonyl (C=O) groups excluding carboxylic acids is 1. The lowest BCUT2D eigenvalue weighted by Gasteiger charge is -2.34. The highest BCUT2D eigenvalue weighted by atomic mass is 32.2. The first-order valence-corrected chi connectivity index (χ1v) is 11.3. The second-order valence-electron chi connectivity index (χ2n) is 7.01. The fraction of sp³-hybridized carbons (Fsp3) is 0.381. The molecule has 0 bridgehead atoms. The second kappa shape index (κ2) is 9.97. The van der Waals surface area contributed by atoms with Gasteiger partial charge in [-0.1, -0.05) is 12.1 Å². The van der Waals surface area contributed by atoms with Crippen molar-refractivity contribution >= 4 is 16.1 Å². The number of benzene rings is 2. The minimum Gasteiger partial charge on any atom is -0.497 e. The normalized spacial score (nSPS) is 14.9. The number of urea groups is 1. The van der Waals surface area contributed by atoms with Gasteiger partial charge in [0.05, 0.1) is 19.1 Å². The molecule has 1 aliphatic heterocycles. The number of rotatable bonds is 7. The monoisotopic (exact) mass is 451 g/mol. The van der Waals surface area contributed by atoms with Crippen molar-refractivity contribution < 1.29 is 27.1 Å². The summed E-state index contributed by atoms with van der Waals surface area (Å²) in [5.41, 5.74) is 0.939. The van der Waals surface area contributed by atoms with Crippen molar-refractivity contribution in [1.82, 2.24) is 14.5 Å². The van der Waals surface area contributed by atoms with Crippen molar-refractivity contribution in [2.45, 2.75) is 11.3 Å². The van der Waals surface area contributed by atoms with Crippen LogP contribution in [-0.2, 0) is 16.4 Å². The molecule has 8 nitrogen and oxygen atoms in total. The van der Waals surface area contributed by atoms with Crippen molar-refractivity contribution in [3.05, 3.63) is 53.8 Å². The van der Waals surface area contributed by atoms with Gasteiger partial charge in [-0.05, 0) is 36.2 Å². The van der Waals surface area contributed by atoms with Crippen LogP contribution in [0.25, 0.3) is 0 Å². The third kappa shape index (κ3) is 5.45. The van der Waals surface area contributed by atoms with Gasteiger partial charge in [0.25, 0.3) is 0 Å². The number of hydrogen-bond acceptors (Lipinski definition) is 5. The molecule has 1 aliphatic rings. The predicted octanol–water partition coefficient (Wildman–Crippen LogP) is 2.10. The summed E-state index contributed by atoms with van der Waals surface area (Å²) in [4.78, 5) is 13.9. The van der Waals surface area contributed by atoms with Gasteiger partial charge in [0.15, 0.2) is 0 Å². The predicted molar refractivity (Wildman–Crippen MR) is 113 cm³/mol. The fourth-order valence-corrected chi connectivity index (χ4v) is 4.84. The number of amides is 2. The third-order valence-corrected chi connectivity index (χ3v) is 7.02. The molecule has 0 spiro atoms. The maximum Gasteiger partial charge on any atom is 0.317 e. The molecule has 2 aromatic carbocycles. The number of halogens is 1. The van der Waals surface area contributed by atoms with Gasteiger partial charge >= 0.3 is 6.03 Å². The smallest absolute Gasteiger partial charge is 0.317 e. The first kappa shape index (κ1) is 22.8. The lowest BCUT2D eigenvalue weighted by molar-refractivity contribution is 0.172. The van der Waals surface area contributed by atoms with Gasteiger partial charge < -0.3 is 19.7 Å². The van der Waals surface area contributed by atoms with Gasteiger partial charge in [-0.2, -0.15) is 4.31 Å². The van der Waals surface area contributed by atoms with Gasteiger partial charge in [-0.3, -0.25) is 0 Å². The summed E-state index contributed by atoms with van der Waals surface area (Å²) in [6, 6.07) is 10.2. The van der Waals surface area contributed by atoms with Crippen LogP contribution in [0, 0.1) is 5.82 Å². The van der Waals surface area contributed by atoms with E-state index in [2.05, 4.69) is 5.32 Å². The van der Waals surface area contributed by atoms with Crippen LogP contribution in [0.3, 0.4) is 0 Å². The van der Waals surface area contributed by atoms with Crippen molar-refractivity contribution in [2.24, 2.45) is 0 Å². The van der Waals surface area contributed by atoms with Gasteiger partial charge in [-0.25, -0.2) is 17.6 Å². The molecule has 0 saturated carbocycles. The highest BCUT2D eigenvalue weighted by Gasteiger charge is 2.30. The number of sulfonamides is 1. The largest absolute Gasteiger partial charge is 0.497 e. The van der Waals surface area contributed by atoms with E-state index in [1.807, 2.05) is 12.1 Å². The van der Waals surface area contributed by atoms with E-state index < -0.39 is 15.8 Å². The number of nitrogens with one attached hydrogen (secondary N) is 1. The fourth-order valence-electron chi connectivity index (χ4n) is 3.38. The van der Waals surface area contributed by atoms with Crippen molar-refractivity contribution in [3.63, 3.8) is 0 Å². The van der Waals surface area contributed by atoms with E-state index >= 15 is 0 Å². The summed E-state index contributed by atoms with van der Waals surface area (Å²) in [6.45, 7) is 1.22. The summed E-state index contributed by atoms with van der Waals surface area (Å²) >= 11 is 0. The van der Waals surface area contributed by atoms with Crippen LogP contribution in [0.5, 0.6) is 11.5 Å². The van der Waals surface area contributed by atoms with Gasteiger partial charge in [-0.15, -0.1) is 0 Å². The molecule has 1 N–H and O–H groups in total. The minimum absolute atomic E-state index is 0.0844. The van der Waals surface area contributed by atoms with Gasteiger partial charge in [0.1, 0.15) is 17.3 Å². The number of carbonyl (C=O) groups is 1. The van der Waals surface area contributed by atoms with E-state index in [0.717, 1.165) is 11.6 Å². The molecule has 0 aliphatic carbocycles. The number of ether oxygens (including phenoxy) is 2. The van der Waals surface area contributed by atoms with Gasteiger partial charge in [0.2, 0.25) is 10.0 Å². The number of piperazine rings is 1. The SMILES string of the molecule is COc1ccc(CCNC(=O)N2CCN(S(=O)(=O)c3cccc(F)c3)CC2)c(OC)c1. The highest BCUT2D eigenvalue weighted by Crippen LogP contribution is 2.24. The summed E-state index contributed by atoms with van der Waals surface area (Å²) in [5.74, 6) is 0.771. The zero-order chi connectivity index (χ0) is 22.4. The molecule has 2 aromatic rings. The van der Waals surface area contributed by atoms with E-state index in [4.69, 9.17) is 9.47 Å². The maximum atomic E-state index is 13.4. The zero-order valence-electron chi connectivity index (χ0n) is 17.5. The van der Waals surface area contributed by atoms with E-state index in [9.17, 15) is 17.6 Å². The zero-order valence-corrected chi connectivity index (χ0v) is 18.3. The number of methoxy groups -OCH3 is 2. The quantitative estimate of drug-likeness (QED) is 0.697. The lowest BCUT2D eigenvalue weighted by Crippen LogP contribution is -2.53. The van der Waals surface area contributed by atoms with Crippen LogP contribution in [0.4, 0.5) is 9.18 Å². The molecule has 1 heterocycles. The Hall–Kier alpha value is -2.85. The van der Waals surface area contributed by atoms with Gasteiger partial charge in [0, 0.05) is 38.8 Å². The standard InChI is InChI=1S/C21H26FN3O5S/c1-29-18-7-6-16(20(15-18)30-2)8-9-23-21(26)24-10-12-25(13-11-24)31(27,28)19-5-3-4-17(22)14-19/h3-7,14-15H,8-13H2,1-2H3,(H,23,26). The molecule has 1 fully saturated rings. The molecule has 31 heavy (non-hydrogen) atoms. The van der Waals surface area contributed by atoms with E-state index in [1.165, 1.54) is 22.5 Å². The summed E-state index contributed by atoms with van der Waals surface area (Å²) in [7, 11) is -0.631. The highest BCUT2D eigenvalue weighted by molar-refractivity contribution is 7.89. The van der Waals surface area contributed by atoms with Crippen molar-refractivity contribution in [2.75, 3.05) is 46.9 Å². The Labute approximate surface area is 181 Å². The van der Waals surface area contributed by atoms with E-state index in [-0.39, 0.29) is 37.1 Å². The Kier molecular flexibility index (Phi) is 7.34. The summed E-state index contributed by atoms with van der Waals surface area (Å²) < 4.78 is 50.6. The Balaban J connectivity index is 1.50. The van der Waals surface area contributed by atoms with Crippen molar-refractivity contribution in [1.29, 1.82) is 0 Å². The summed E-state index contributed by atoms with van der Waals surface area (Å²) in [5, 5.41) is 2.86. The Morgan fingerprint density at radius 2 is 1.81 bits per heavy atom. The second-order valence-corrected chi connectivity index (χ2v) is 8.95. The Bertz CT molecular complexity index is 1020. The molecule has 0 aromatic heterocycles. The number of nitrogens with zero attached hydrogens (tertiary/aromatic N) is 2. The minimum atomic E-state index is -3.79. The van der Waals surface area contributed by atoms with E-state index in [0.29, 0.717) is 24.5 Å². The first-order chi connectivity index (χ1) is 14.8. The molecule has 10 heteroatoms. The molecule has 3 rings (SSSR count). The average molecular weight is 452 g/mol. The first-order valence-electron chi connectivity index (χ1n) is 9.84. The lowest BCUT2D eigenvalue weighted by atomic mass is 10.1. The van der Waals surface area contributed by atoms with Crippen molar-refractivity contribution in [3.8, 4) is 11.5 Å². The Morgan fingerprint density at radius 1 is 1.06 bits per heavy atom. The molecule has 1 saturated heterocycles. The Morgan fingerprint density at radius 3 is 2.45 bits per heavy atom. The molecule has 0 radical (unpaired) electrons. The van der Waals surface area contributed by atoms with Crippen LogP contribution in [0.1, 0.15) is 5.56 Å². The summed E-state index contributed by atoms with van der Waals surface area (Å²) in [6.07, 6.45) is 0.576. The molecular formula is C21H26FN3O5S. The topological polar surface area (TPSA) is 88.2 Å². The molecule has 0 atom stereocenters. The average Bonchev–Trinajstić information content (AvgIpc) is 2.79. The number of hydrogen-bond donors (Lipinski definition) is 1. The van der Waals surface area contributed by atoms with Crippen LogP contribution >= 0.6 is 0 Å². The molecular weight excluding hydrogens is 425 g/mol. The maximum absolute atomic E-state index is 13.4. The molecule has 168 valence electrons.